The molecule has 0 amide bonds. The fourth-order valence-corrected chi connectivity index (χ4v) is 1.42. The van der Waals surface area contributed by atoms with Crippen LogP contribution in [0.2, 0.25) is 0 Å². The lowest BCUT2D eigenvalue weighted by Gasteiger charge is -2.19. The van der Waals surface area contributed by atoms with E-state index < -0.39 is 0 Å². The normalized spacial score (nSPS) is 13.2. The van der Waals surface area contributed by atoms with Gasteiger partial charge in [0.05, 0.1) is 11.6 Å². The summed E-state index contributed by atoms with van der Waals surface area (Å²) < 4.78 is 5.63. The zero-order valence-electron chi connectivity index (χ0n) is 11.0. The monoisotopic (exact) mass is 251 g/mol. The zero-order valence-corrected chi connectivity index (χ0v) is 11.8. The summed E-state index contributed by atoms with van der Waals surface area (Å²) in [4.78, 5) is 0.497. The van der Waals surface area contributed by atoms with Crippen LogP contribution < -0.4 is 10.5 Å². The Morgan fingerprint density at radius 3 is 2.24 bits per heavy atom. The Bertz CT molecular complexity index is 378. The molecule has 1 rings (SSSR count). The highest BCUT2D eigenvalue weighted by Gasteiger charge is 2.13. The van der Waals surface area contributed by atoms with Crippen LogP contribution in [0, 0.1) is 5.92 Å². The van der Waals surface area contributed by atoms with Gasteiger partial charge in [-0.15, -0.1) is 0 Å². The molecule has 0 heterocycles. The number of thiocarbonyl (C=S) groups is 1. The first kappa shape index (κ1) is 14.0. The van der Waals surface area contributed by atoms with E-state index in [4.69, 9.17) is 22.7 Å². The Hall–Kier alpha value is -1.09. The van der Waals surface area contributed by atoms with Gasteiger partial charge >= 0.3 is 0 Å². The van der Waals surface area contributed by atoms with E-state index >= 15 is 0 Å². The maximum Gasteiger partial charge on any atom is 0.119 e. The molecular formula is C14H21NOS. The predicted octanol–water partition coefficient (Wildman–Crippen LogP) is 3.29. The van der Waals surface area contributed by atoms with Gasteiger partial charge in [0.1, 0.15) is 5.75 Å². The van der Waals surface area contributed by atoms with E-state index in [0.29, 0.717) is 11.6 Å². The van der Waals surface area contributed by atoms with Crippen LogP contribution in [0.1, 0.15) is 33.3 Å². The van der Waals surface area contributed by atoms with Crippen LogP contribution in [-0.4, -0.2) is 11.6 Å². The highest BCUT2D eigenvalue weighted by atomic mass is 32.1. The fourth-order valence-electron chi connectivity index (χ4n) is 1.35. The first-order valence-corrected chi connectivity index (χ1v) is 6.24. The maximum absolute atomic E-state index is 5.63. The van der Waals surface area contributed by atoms with Crippen molar-refractivity contribution >= 4 is 17.2 Å². The summed E-state index contributed by atoms with van der Waals surface area (Å²) in [6, 6.07) is 8.18. The van der Waals surface area contributed by atoms with Gasteiger partial charge in [0.15, 0.2) is 0 Å². The van der Waals surface area contributed by atoms with Crippen molar-refractivity contribution in [3.05, 3.63) is 29.8 Å². The Morgan fingerprint density at radius 2 is 1.82 bits per heavy atom. The summed E-state index contributed by atoms with van der Waals surface area (Å²) in [5.41, 5.74) is 7.00. The van der Waals surface area contributed by atoms with Crippen molar-refractivity contribution < 1.29 is 4.74 Å². The highest BCUT2D eigenvalue weighted by Crippen LogP contribution is 2.24. The van der Waals surface area contributed by atoms with Crippen molar-refractivity contribution in [2.45, 2.75) is 33.1 Å². The Labute approximate surface area is 109 Å². The van der Waals surface area contributed by atoms with Gasteiger partial charge in [-0.3, -0.25) is 0 Å². The molecule has 1 aromatic rings. The van der Waals surface area contributed by atoms with Crippen molar-refractivity contribution in [1.82, 2.24) is 0 Å². The van der Waals surface area contributed by atoms with E-state index in [1.807, 2.05) is 19.1 Å². The van der Waals surface area contributed by atoms with Crippen molar-refractivity contribution in [1.29, 1.82) is 0 Å². The average molecular weight is 251 g/mol. The van der Waals surface area contributed by atoms with E-state index in [1.54, 1.807) is 0 Å². The second kappa shape index (κ2) is 5.50. The molecule has 0 aliphatic rings. The summed E-state index contributed by atoms with van der Waals surface area (Å²) in [6.45, 7) is 9.07. The molecule has 0 bridgehead atoms. The Balaban J connectivity index is 2.60. The predicted molar refractivity (Wildman–Crippen MR) is 76.6 cm³/mol. The van der Waals surface area contributed by atoms with Crippen LogP contribution in [0.3, 0.4) is 0 Å². The lowest BCUT2D eigenvalue weighted by molar-refractivity contribution is 0.293. The molecule has 0 aliphatic heterocycles. The number of rotatable bonds is 4. The number of hydrogen-bond donors (Lipinski definition) is 1. The minimum atomic E-state index is 0.104. The summed E-state index contributed by atoms with van der Waals surface area (Å²) in [6.07, 6.45) is 0. The minimum Gasteiger partial charge on any atom is -0.493 e. The molecule has 0 saturated carbocycles. The smallest absolute Gasteiger partial charge is 0.119 e. The average Bonchev–Trinajstić information content (AvgIpc) is 2.25. The number of ether oxygens (including phenoxy) is 1. The molecule has 0 saturated heterocycles. The molecule has 94 valence electrons. The zero-order chi connectivity index (χ0) is 13.1. The molecule has 1 aromatic carbocycles. The van der Waals surface area contributed by atoms with Gasteiger partial charge in [0.25, 0.3) is 0 Å². The molecule has 3 heteroatoms. The van der Waals surface area contributed by atoms with Crippen molar-refractivity contribution in [2.75, 3.05) is 6.61 Å². The van der Waals surface area contributed by atoms with E-state index in [9.17, 15) is 0 Å². The van der Waals surface area contributed by atoms with E-state index in [1.165, 1.54) is 5.56 Å². The quantitative estimate of drug-likeness (QED) is 0.834. The SMILES string of the molecule is CC(COc1ccc(C(C)(C)C)cc1)C(N)=S. The van der Waals surface area contributed by atoms with E-state index in [2.05, 4.69) is 32.9 Å². The molecule has 17 heavy (non-hydrogen) atoms. The van der Waals surface area contributed by atoms with Crippen molar-refractivity contribution in [2.24, 2.45) is 11.7 Å². The van der Waals surface area contributed by atoms with Crippen LogP contribution in [-0.2, 0) is 5.41 Å². The molecular weight excluding hydrogens is 230 g/mol. The third-order valence-electron chi connectivity index (χ3n) is 2.71. The van der Waals surface area contributed by atoms with Gasteiger partial charge in [-0.2, -0.15) is 0 Å². The molecule has 0 aromatic heterocycles. The van der Waals surface area contributed by atoms with Gasteiger partial charge in [0.2, 0.25) is 0 Å². The molecule has 2 nitrogen and oxygen atoms in total. The molecule has 0 spiro atoms. The van der Waals surface area contributed by atoms with Crippen LogP contribution in [0.25, 0.3) is 0 Å². The fraction of sp³-hybridized carbons (Fsp3) is 0.500. The molecule has 0 fully saturated rings. The first-order chi connectivity index (χ1) is 7.80. The van der Waals surface area contributed by atoms with Crippen LogP contribution in [0.4, 0.5) is 0 Å². The number of hydrogen-bond acceptors (Lipinski definition) is 2. The lowest BCUT2D eigenvalue weighted by atomic mass is 9.87. The highest BCUT2D eigenvalue weighted by molar-refractivity contribution is 7.80. The van der Waals surface area contributed by atoms with Gasteiger partial charge in [0, 0.05) is 5.92 Å². The van der Waals surface area contributed by atoms with Gasteiger partial charge in [-0.05, 0) is 23.1 Å². The van der Waals surface area contributed by atoms with E-state index in [-0.39, 0.29) is 11.3 Å². The van der Waals surface area contributed by atoms with Crippen LogP contribution in [0.15, 0.2) is 24.3 Å². The van der Waals surface area contributed by atoms with Crippen LogP contribution >= 0.6 is 12.2 Å². The molecule has 1 unspecified atom stereocenters. The van der Waals surface area contributed by atoms with Gasteiger partial charge in [-0.25, -0.2) is 0 Å². The topological polar surface area (TPSA) is 35.2 Å². The summed E-state index contributed by atoms with van der Waals surface area (Å²) in [7, 11) is 0. The van der Waals surface area contributed by atoms with Crippen molar-refractivity contribution in [3.63, 3.8) is 0 Å². The first-order valence-electron chi connectivity index (χ1n) is 5.83. The molecule has 0 radical (unpaired) electrons. The van der Waals surface area contributed by atoms with Crippen molar-refractivity contribution in [3.8, 4) is 5.75 Å². The van der Waals surface area contributed by atoms with Gasteiger partial charge in [-0.1, -0.05) is 52.0 Å². The summed E-state index contributed by atoms with van der Waals surface area (Å²) in [5, 5.41) is 0. The number of nitrogens with two attached hydrogens (primary N) is 1. The molecule has 0 aliphatic carbocycles. The van der Waals surface area contributed by atoms with Gasteiger partial charge < -0.3 is 10.5 Å². The number of benzene rings is 1. The molecule has 1 atom stereocenters. The largest absolute Gasteiger partial charge is 0.493 e. The second-order valence-electron chi connectivity index (χ2n) is 5.39. The standard InChI is InChI=1S/C14H21NOS/c1-10(13(15)17)9-16-12-7-5-11(6-8-12)14(2,3)4/h5-8,10H,9H2,1-4H3,(H2,15,17). The lowest BCUT2D eigenvalue weighted by Crippen LogP contribution is -2.24. The van der Waals surface area contributed by atoms with Crippen LogP contribution in [0.5, 0.6) is 5.75 Å². The third kappa shape index (κ3) is 4.35. The molecule has 2 N–H and O–H groups in total. The Morgan fingerprint density at radius 1 is 1.29 bits per heavy atom. The summed E-state index contributed by atoms with van der Waals surface area (Å²) >= 11 is 4.90. The maximum atomic E-state index is 5.63. The summed E-state index contributed by atoms with van der Waals surface area (Å²) in [5.74, 6) is 0.966. The van der Waals surface area contributed by atoms with E-state index in [0.717, 1.165) is 5.75 Å². The Kier molecular flexibility index (Phi) is 4.52. The third-order valence-corrected chi connectivity index (χ3v) is 3.11. The minimum absolute atomic E-state index is 0.104. The second-order valence-corrected chi connectivity index (χ2v) is 5.86.